The quantitative estimate of drug-likeness (QED) is 0.836. The topological polar surface area (TPSA) is 44.8 Å². The molecular formula is C14H27N3O2. The van der Waals surface area contributed by atoms with E-state index in [4.69, 9.17) is 4.74 Å². The Morgan fingerprint density at radius 3 is 2.68 bits per heavy atom. The van der Waals surface area contributed by atoms with Crippen LogP contribution in [0, 0.1) is 0 Å². The summed E-state index contributed by atoms with van der Waals surface area (Å²) in [5.74, 6) is 0. The molecule has 0 aromatic carbocycles. The van der Waals surface area contributed by atoms with Crippen molar-refractivity contribution in [2.75, 3.05) is 39.3 Å². The first-order valence-corrected chi connectivity index (χ1v) is 7.59. The van der Waals surface area contributed by atoms with Crippen LogP contribution < -0.4 is 5.32 Å². The number of carbonyl (C=O) groups excluding carboxylic acids is 1. The molecule has 1 N–H and O–H groups in total. The maximum absolute atomic E-state index is 12.0. The van der Waals surface area contributed by atoms with Gasteiger partial charge in [0.25, 0.3) is 0 Å². The average Bonchev–Trinajstić information content (AvgIpc) is 2.97. The van der Waals surface area contributed by atoms with Crippen molar-refractivity contribution in [2.45, 2.75) is 45.3 Å². The van der Waals surface area contributed by atoms with Crippen molar-refractivity contribution in [3.63, 3.8) is 0 Å². The second-order valence-corrected chi connectivity index (χ2v) is 5.60. The van der Waals surface area contributed by atoms with Crippen molar-refractivity contribution in [1.29, 1.82) is 0 Å². The van der Waals surface area contributed by atoms with Crippen molar-refractivity contribution in [2.24, 2.45) is 0 Å². The molecule has 110 valence electrons. The minimum absolute atomic E-state index is 0.0688. The van der Waals surface area contributed by atoms with Crippen LogP contribution >= 0.6 is 0 Å². The zero-order valence-electron chi connectivity index (χ0n) is 12.2. The molecule has 0 aliphatic carbocycles. The number of amides is 2. The average molecular weight is 269 g/mol. The van der Waals surface area contributed by atoms with Crippen LogP contribution in [-0.2, 0) is 4.74 Å². The van der Waals surface area contributed by atoms with Gasteiger partial charge >= 0.3 is 6.03 Å². The number of hydrogen-bond donors (Lipinski definition) is 1. The second kappa shape index (κ2) is 7.10. The first-order valence-electron chi connectivity index (χ1n) is 7.59. The van der Waals surface area contributed by atoms with Crippen LogP contribution in [-0.4, -0.2) is 67.3 Å². The predicted octanol–water partition coefficient (Wildman–Crippen LogP) is 1.29. The van der Waals surface area contributed by atoms with Gasteiger partial charge in [0.15, 0.2) is 0 Å². The fraction of sp³-hybridized carbons (Fsp3) is 0.929. The highest BCUT2D eigenvalue weighted by atomic mass is 16.5. The Hall–Kier alpha value is -0.810. The van der Waals surface area contributed by atoms with Gasteiger partial charge in [-0.05, 0) is 26.2 Å². The van der Waals surface area contributed by atoms with Gasteiger partial charge in [-0.3, -0.25) is 4.90 Å². The third kappa shape index (κ3) is 4.08. The fourth-order valence-electron chi connectivity index (χ4n) is 2.74. The largest absolute Gasteiger partial charge is 0.376 e. The molecule has 2 atom stereocenters. The van der Waals surface area contributed by atoms with Crippen molar-refractivity contribution < 1.29 is 9.53 Å². The lowest BCUT2D eigenvalue weighted by Crippen LogP contribution is -2.54. The van der Waals surface area contributed by atoms with Gasteiger partial charge in [0, 0.05) is 45.4 Å². The molecule has 2 rings (SSSR count). The van der Waals surface area contributed by atoms with Crippen LogP contribution in [0.15, 0.2) is 0 Å². The molecule has 2 unspecified atom stereocenters. The Kier molecular flexibility index (Phi) is 5.45. The summed E-state index contributed by atoms with van der Waals surface area (Å²) in [7, 11) is 0. The summed E-state index contributed by atoms with van der Waals surface area (Å²) in [6.07, 6.45) is 3.59. The minimum Gasteiger partial charge on any atom is -0.376 e. The van der Waals surface area contributed by atoms with Gasteiger partial charge in [-0.2, -0.15) is 0 Å². The molecule has 0 radical (unpaired) electrons. The monoisotopic (exact) mass is 269 g/mol. The fourth-order valence-corrected chi connectivity index (χ4v) is 2.74. The van der Waals surface area contributed by atoms with Gasteiger partial charge in [-0.25, -0.2) is 4.79 Å². The molecule has 0 bridgehead atoms. The molecule has 2 aliphatic heterocycles. The summed E-state index contributed by atoms with van der Waals surface area (Å²) in [6.45, 7) is 9.62. The number of urea groups is 1. The highest BCUT2D eigenvalue weighted by Crippen LogP contribution is 2.11. The zero-order valence-corrected chi connectivity index (χ0v) is 12.2. The molecule has 2 heterocycles. The van der Waals surface area contributed by atoms with Gasteiger partial charge in [-0.1, -0.05) is 6.92 Å². The maximum Gasteiger partial charge on any atom is 0.317 e. The Balaban J connectivity index is 1.67. The Morgan fingerprint density at radius 2 is 2.11 bits per heavy atom. The lowest BCUT2D eigenvalue weighted by atomic mass is 10.2. The highest BCUT2D eigenvalue weighted by Gasteiger charge is 2.24. The number of carbonyl (C=O) groups is 1. The van der Waals surface area contributed by atoms with Crippen molar-refractivity contribution in [3.8, 4) is 0 Å². The summed E-state index contributed by atoms with van der Waals surface area (Å²) in [4.78, 5) is 16.4. The lowest BCUT2D eigenvalue weighted by molar-refractivity contribution is 0.0977. The predicted molar refractivity (Wildman–Crippen MR) is 75.3 cm³/mol. The van der Waals surface area contributed by atoms with E-state index in [-0.39, 0.29) is 12.1 Å². The van der Waals surface area contributed by atoms with E-state index < -0.39 is 0 Å². The summed E-state index contributed by atoms with van der Waals surface area (Å²) in [5, 5.41) is 3.00. The van der Waals surface area contributed by atoms with E-state index in [1.165, 1.54) is 6.42 Å². The highest BCUT2D eigenvalue weighted by molar-refractivity contribution is 5.74. The molecule has 0 aromatic heterocycles. The molecule has 2 aliphatic rings. The summed E-state index contributed by atoms with van der Waals surface area (Å²) < 4.78 is 5.51. The molecular weight excluding hydrogens is 242 g/mol. The van der Waals surface area contributed by atoms with E-state index in [1.54, 1.807) is 0 Å². The molecule has 2 saturated heterocycles. The number of nitrogens with one attached hydrogen (secondary N) is 1. The standard InChI is InChI=1S/C14H27N3O2/c1-3-12(2)16-6-8-17(9-7-16)14(18)15-11-13-5-4-10-19-13/h12-13H,3-11H2,1-2H3,(H,15,18). The van der Waals surface area contributed by atoms with Crippen LogP contribution in [0.4, 0.5) is 4.79 Å². The number of nitrogens with zero attached hydrogens (tertiary/aromatic N) is 2. The van der Waals surface area contributed by atoms with E-state index >= 15 is 0 Å². The van der Waals surface area contributed by atoms with Crippen LogP contribution in [0.2, 0.25) is 0 Å². The number of hydrogen-bond acceptors (Lipinski definition) is 3. The van der Waals surface area contributed by atoms with Crippen molar-refractivity contribution >= 4 is 6.03 Å². The van der Waals surface area contributed by atoms with Crippen molar-refractivity contribution in [1.82, 2.24) is 15.1 Å². The van der Waals surface area contributed by atoms with Gasteiger partial charge in [0.05, 0.1) is 6.10 Å². The summed E-state index contributed by atoms with van der Waals surface area (Å²) in [5.41, 5.74) is 0. The molecule has 0 spiro atoms. The number of piperazine rings is 1. The van der Waals surface area contributed by atoms with E-state index in [2.05, 4.69) is 24.1 Å². The molecule has 5 heteroatoms. The van der Waals surface area contributed by atoms with Gasteiger partial charge < -0.3 is 15.0 Å². The molecule has 19 heavy (non-hydrogen) atoms. The van der Waals surface area contributed by atoms with E-state index in [0.717, 1.165) is 45.6 Å². The van der Waals surface area contributed by atoms with Crippen LogP contribution in [0.1, 0.15) is 33.1 Å². The van der Waals surface area contributed by atoms with Crippen molar-refractivity contribution in [3.05, 3.63) is 0 Å². The molecule has 5 nitrogen and oxygen atoms in total. The maximum atomic E-state index is 12.0. The van der Waals surface area contributed by atoms with Crippen LogP contribution in [0.25, 0.3) is 0 Å². The number of rotatable bonds is 4. The zero-order chi connectivity index (χ0) is 13.7. The Labute approximate surface area is 116 Å². The minimum atomic E-state index is 0.0688. The Morgan fingerprint density at radius 1 is 1.37 bits per heavy atom. The third-order valence-corrected chi connectivity index (χ3v) is 4.32. The van der Waals surface area contributed by atoms with E-state index in [1.807, 2.05) is 4.90 Å². The second-order valence-electron chi connectivity index (χ2n) is 5.60. The first-order chi connectivity index (χ1) is 9.20. The Bertz CT molecular complexity index is 284. The molecule has 2 fully saturated rings. The smallest absolute Gasteiger partial charge is 0.317 e. The number of ether oxygens (including phenoxy) is 1. The molecule has 2 amide bonds. The molecule has 0 aromatic rings. The first kappa shape index (κ1) is 14.6. The SMILES string of the molecule is CCC(C)N1CCN(C(=O)NCC2CCCO2)CC1. The van der Waals surface area contributed by atoms with Crippen LogP contribution in [0.3, 0.4) is 0 Å². The molecule has 0 saturated carbocycles. The normalized spacial score (nSPS) is 26.4. The third-order valence-electron chi connectivity index (χ3n) is 4.32. The lowest BCUT2D eigenvalue weighted by Gasteiger charge is -2.37. The van der Waals surface area contributed by atoms with E-state index in [9.17, 15) is 4.79 Å². The van der Waals surface area contributed by atoms with E-state index in [0.29, 0.717) is 12.6 Å². The summed E-state index contributed by atoms with van der Waals surface area (Å²) >= 11 is 0. The van der Waals surface area contributed by atoms with Gasteiger partial charge in [0.1, 0.15) is 0 Å². The van der Waals surface area contributed by atoms with Gasteiger partial charge in [0.2, 0.25) is 0 Å². The van der Waals surface area contributed by atoms with Gasteiger partial charge in [-0.15, -0.1) is 0 Å². The summed E-state index contributed by atoms with van der Waals surface area (Å²) in [6, 6.07) is 0.691. The van der Waals surface area contributed by atoms with Crippen LogP contribution in [0.5, 0.6) is 0 Å².